The van der Waals surface area contributed by atoms with Gasteiger partial charge in [0.2, 0.25) is 0 Å². The number of aromatic nitrogens is 3. The van der Waals surface area contributed by atoms with Crippen molar-refractivity contribution in [3.05, 3.63) is 46.9 Å². The molecule has 0 fully saturated rings. The van der Waals surface area contributed by atoms with E-state index in [4.69, 9.17) is 0 Å². The molecule has 0 spiro atoms. The molecule has 24 heavy (non-hydrogen) atoms. The summed E-state index contributed by atoms with van der Waals surface area (Å²) >= 11 is 1.53. The lowest BCUT2D eigenvalue weighted by molar-refractivity contribution is 0.0976. The summed E-state index contributed by atoms with van der Waals surface area (Å²) in [5, 5.41) is 21.1. The molecule has 1 aromatic carbocycles. The smallest absolute Gasteiger partial charge is 0.189 e. The average Bonchev–Trinajstić information content (AvgIpc) is 3.16. The molecule has 4 rings (SSSR count). The average molecular weight is 336 g/mol. The molecule has 0 N–H and O–H groups in total. The van der Waals surface area contributed by atoms with E-state index in [1.54, 1.807) is 6.07 Å². The van der Waals surface area contributed by atoms with E-state index in [9.17, 15) is 10.1 Å². The van der Waals surface area contributed by atoms with E-state index >= 15 is 0 Å². The first-order valence-corrected chi connectivity index (χ1v) is 8.99. The Morgan fingerprint density at radius 1 is 1.25 bits per heavy atom. The van der Waals surface area contributed by atoms with Crippen LogP contribution in [0.4, 0.5) is 0 Å². The van der Waals surface area contributed by atoms with E-state index in [-0.39, 0.29) is 5.78 Å². The summed E-state index contributed by atoms with van der Waals surface area (Å²) in [4.78, 5) is 13.1. The van der Waals surface area contributed by atoms with Crippen molar-refractivity contribution in [3.63, 3.8) is 0 Å². The Bertz CT molecular complexity index is 949. The summed E-state index contributed by atoms with van der Waals surface area (Å²) < 4.78 is 2.91. The molecule has 1 aliphatic rings. The number of thiophene rings is 1. The highest BCUT2D eigenvalue weighted by atomic mass is 32.1. The number of benzene rings is 1. The van der Waals surface area contributed by atoms with Gasteiger partial charge in [-0.3, -0.25) is 4.79 Å². The Morgan fingerprint density at radius 2 is 2.17 bits per heavy atom. The van der Waals surface area contributed by atoms with E-state index in [0.717, 1.165) is 48.1 Å². The molecule has 6 heteroatoms. The Kier molecular flexibility index (Phi) is 3.87. The first kappa shape index (κ1) is 15.0. The maximum Gasteiger partial charge on any atom is 0.189 e. The molecule has 3 aromatic rings. The van der Waals surface area contributed by atoms with Gasteiger partial charge in [0, 0.05) is 23.2 Å². The third-order valence-electron chi connectivity index (χ3n) is 4.53. The van der Waals surface area contributed by atoms with Crippen molar-refractivity contribution in [2.45, 2.75) is 38.1 Å². The zero-order valence-corrected chi connectivity index (χ0v) is 13.9. The molecule has 120 valence electrons. The molecule has 3 heterocycles. The van der Waals surface area contributed by atoms with Gasteiger partial charge in [-0.1, -0.05) is 18.6 Å². The van der Waals surface area contributed by atoms with Crippen LogP contribution in [0.2, 0.25) is 0 Å². The molecular formula is C18H16N4OS. The second-order valence-electron chi connectivity index (χ2n) is 6.01. The van der Waals surface area contributed by atoms with Crippen LogP contribution in [0, 0.1) is 11.3 Å². The number of carbonyl (C=O) groups is 1. The fraction of sp³-hybridized carbons (Fsp3) is 0.333. The predicted molar refractivity (Wildman–Crippen MR) is 92.1 cm³/mol. The Morgan fingerprint density at radius 3 is 3.04 bits per heavy atom. The molecule has 0 bridgehead atoms. The van der Waals surface area contributed by atoms with Crippen LogP contribution >= 0.6 is 11.3 Å². The van der Waals surface area contributed by atoms with Crippen LogP contribution in [0.5, 0.6) is 0 Å². The summed E-state index contributed by atoms with van der Waals surface area (Å²) in [7, 11) is 0. The van der Waals surface area contributed by atoms with Crippen LogP contribution in [0.1, 0.15) is 47.2 Å². The Balaban J connectivity index is 1.77. The van der Waals surface area contributed by atoms with Gasteiger partial charge in [0.05, 0.1) is 6.07 Å². The van der Waals surface area contributed by atoms with Crippen LogP contribution in [0.3, 0.4) is 0 Å². The fourth-order valence-electron chi connectivity index (χ4n) is 3.30. The Labute approximate surface area is 143 Å². The maximum absolute atomic E-state index is 13.1. The topological polar surface area (TPSA) is 71.6 Å². The van der Waals surface area contributed by atoms with Crippen LogP contribution in [-0.2, 0) is 13.0 Å². The lowest BCUT2D eigenvalue weighted by Gasteiger charge is -2.11. The van der Waals surface area contributed by atoms with E-state index < -0.39 is 5.92 Å². The van der Waals surface area contributed by atoms with Gasteiger partial charge in [-0.15, -0.1) is 21.5 Å². The third kappa shape index (κ3) is 2.42. The minimum absolute atomic E-state index is 0.190. The number of fused-ring (bicyclic) bond motifs is 2. The number of aryl methyl sites for hydroxylation is 1. The van der Waals surface area contributed by atoms with Crippen molar-refractivity contribution in [3.8, 4) is 6.07 Å². The minimum Gasteiger partial charge on any atom is -0.313 e. The van der Waals surface area contributed by atoms with Crippen LogP contribution in [0.25, 0.3) is 10.1 Å². The number of hydrogen-bond acceptors (Lipinski definition) is 5. The van der Waals surface area contributed by atoms with Gasteiger partial charge in [-0.25, -0.2) is 0 Å². The first-order valence-electron chi connectivity index (χ1n) is 8.11. The summed E-state index contributed by atoms with van der Waals surface area (Å²) in [6.45, 7) is 0.784. The van der Waals surface area contributed by atoms with Gasteiger partial charge in [0.15, 0.2) is 17.5 Å². The van der Waals surface area contributed by atoms with Gasteiger partial charge < -0.3 is 4.57 Å². The highest BCUT2D eigenvalue weighted by molar-refractivity contribution is 7.17. The van der Waals surface area contributed by atoms with Crippen molar-refractivity contribution in [1.29, 1.82) is 5.26 Å². The standard InChI is InChI=1S/C18H16N4OS/c19-11-14(18-21-20-15-7-2-1-3-9-22(15)18)16(23)13-6-4-5-12-8-10-24-17(12)13/h4-6,8,10,14H,1-3,7,9H2/t14-/m1/s1. The molecule has 0 unspecified atom stereocenters. The van der Waals surface area contributed by atoms with Gasteiger partial charge in [-0.2, -0.15) is 5.26 Å². The number of carbonyl (C=O) groups excluding carboxylic acids is 1. The lowest BCUT2D eigenvalue weighted by Crippen LogP contribution is -2.17. The van der Waals surface area contributed by atoms with Crippen LogP contribution in [-0.4, -0.2) is 20.5 Å². The summed E-state index contributed by atoms with van der Waals surface area (Å²) in [6, 6.07) is 9.79. The lowest BCUT2D eigenvalue weighted by atomic mass is 9.97. The molecule has 0 saturated carbocycles. The third-order valence-corrected chi connectivity index (χ3v) is 5.50. The quantitative estimate of drug-likeness (QED) is 0.684. The number of Topliss-reactive ketones (excluding diaryl/α,β-unsaturated/α-hetero) is 1. The zero-order chi connectivity index (χ0) is 16.5. The van der Waals surface area contributed by atoms with Crippen LogP contribution in [0.15, 0.2) is 29.6 Å². The predicted octanol–water partition coefficient (Wildman–Crippen LogP) is 3.71. The van der Waals surface area contributed by atoms with Crippen molar-refractivity contribution in [1.82, 2.24) is 14.8 Å². The normalized spacial score (nSPS) is 15.5. The number of hydrogen-bond donors (Lipinski definition) is 0. The molecule has 0 saturated heterocycles. The molecular weight excluding hydrogens is 320 g/mol. The maximum atomic E-state index is 13.1. The van der Waals surface area contributed by atoms with Gasteiger partial charge in [-0.05, 0) is 35.7 Å². The molecule has 0 amide bonds. The second-order valence-corrected chi connectivity index (χ2v) is 6.92. The number of nitriles is 1. The Hall–Kier alpha value is -2.52. The highest BCUT2D eigenvalue weighted by Gasteiger charge is 2.30. The summed E-state index contributed by atoms with van der Waals surface area (Å²) in [5.41, 5.74) is 0.597. The van der Waals surface area contributed by atoms with Crippen LogP contribution < -0.4 is 0 Å². The first-order chi connectivity index (χ1) is 11.8. The molecule has 2 aromatic heterocycles. The highest BCUT2D eigenvalue weighted by Crippen LogP contribution is 2.29. The van der Waals surface area contributed by atoms with E-state index in [0.29, 0.717) is 11.4 Å². The minimum atomic E-state index is -0.906. The number of rotatable bonds is 3. The van der Waals surface area contributed by atoms with Crippen molar-refractivity contribution >= 4 is 27.2 Å². The largest absolute Gasteiger partial charge is 0.313 e. The monoisotopic (exact) mass is 336 g/mol. The summed E-state index contributed by atoms with van der Waals surface area (Å²) in [5.74, 6) is 0.292. The molecule has 5 nitrogen and oxygen atoms in total. The van der Waals surface area contributed by atoms with Crippen molar-refractivity contribution in [2.75, 3.05) is 0 Å². The summed E-state index contributed by atoms with van der Waals surface area (Å²) in [6.07, 6.45) is 4.12. The molecule has 0 aliphatic carbocycles. The van der Waals surface area contributed by atoms with Gasteiger partial charge in [0.25, 0.3) is 0 Å². The zero-order valence-electron chi connectivity index (χ0n) is 13.1. The molecule has 1 atom stereocenters. The number of nitrogens with zero attached hydrogens (tertiary/aromatic N) is 4. The van der Waals surface area contributed by atoms with Crippen molar-refractivity contribution in [2.24, 2.45) is 0 Å². The van der Waals surface area contributed by atoms with Gasteiger partial charge in [0.1, 0.15) is 5.82 Å². The molecule has 0 radical (unpaired) electrons. The second kappa shape index (κ2) is 6.17. The SMILES string of the molecule is N#C[C@H](C(=O)c1cccc2ccsc12)c1nnc2n1CCCCC2. The molecule has 1 aliphatic heterocycles. The van der Waals surface area contributed by atoms with Gasteiger partial charge >= 0.3 is 0 Å². The van der Waals surface area contributed by atoms with E-state index in [1.807, 2.05) is 28.1 Å². The number of ketones is 1. The van der Waals surface area contributed by atoms with E-state index in [1.165, 1.54) is 11.3 Å². The van der Waals surface area contributed by atoms with E-state index in [2.05, 4.69) is 16.3 Å². The fourth-order valence-corrected chi connectivity index (χ4v) is 4.22. The van der Waals surface area contributed by atoms with Crippen molar-refractivity contribution < 1.29 is 4.79 Å².